The molecule has 2 rings (SSSR count). The molecule has 1 heterocycles. The maximum atomic E-state index is 12.2. The standard InChI is InChI=1S/C13H13F2NO3/c1-7-11(17)10(12(16-2)18-7)8-4-3-5-9(6-8)19-13(14)15/h3-7,13,16H,1-2H3. The van der Waals surface area contributed by atoms with E-state index in [0.717, 1.165) is 0 Å². The molecule has 4 nitrogen and oxygen atoms in total. The Balaban J connectivity index is 2.38. The summed E-state index contributed by atoms with van der Waals surface area (Å²) in [5.74, 6) is 0.146. The monoisotopic (exact) mass is 269 g/mol. The van der Waals surface area contributed by atoms with Crippen LogP contribution in [0.15, 0.2) is 30.1 Å². The van der Waals surface area contributed by atoms with Crippen molar-refractivity contribution in [2.24, 2.45) is 0 Å². The molecule has 19 heavy (non-hydrogen) atoms. The van der Waals surface area contributed by atoms with Crippen LogP contribution in [0.25, 0.3) is 5.57 Å². The van der Waals surface area contributed by atoms with Crippen molar-refractivity contribution in [2.45, 2.75) is 19.6 Å². The summed E-state index contributed by atoms with van der Waals surface area (Å²) in [7, 11) is 1.63. The number of halogens is 2. The van der Waals surface area contributed by atoms with Gasteiger partial charge in [0.2, 0.25) is 5.78 Å². The third kappa shape index (κ3) is 2.67. The van der Waals surface area contributed by atoms with E-state index in [9.17, 15) is 13.6 Å². The van der Waals surface area contributed by atoms with Gasteiger partial charge in [-0.1, -0.05) is 12.1 Å². The van der Waals surface area contributed by atoms with Gasteiger partial charge in [-0.05, 0) is 24.6 Å². The molecular formula is C13H13F2NO3. The molecular weight excluding hydrogens is 256 g/mol. The van der Waals surface area contributed by atoms with E-state index in [-0.39, 0.29) is 11.5 Å². The zero-order chi connectivity index (χ0) is 14.0. The Morgan fingerprint density at radius 1 is 1.42 bits per heavy atom. The molecule has 1 aromatic carbocycles. The van der Waals surface area contributed by atoms with Gasteiger partial charge in [-0.2, -0.15) is 8.78 Å². The minimum absolute atomic E-state index is 0.00260. The SMILES string of the molecule is CNC1=C(c2cccc(OC(F)F)c2)C(=O)C(C)O1. The molecule has 1 unspecified atom stereocenters. The number of ether oxygens (including phenoxy) is 2. The van der Waals surface area contributed by atoms with Crippen molar-refractivity contribution in [3.63, 3.8) is 0 Å². The number of carbonyl (C=O) groups excluding carboxylic acids is 1. The number of carbonyl (C=O) groups is 1. The van der Waals surface area contributed by atoms with Gasteiger partial charge in [0, 0.05) is 7.05 Å². The van der Waals surface area contributed by atoms with E-state index in [4.69, 9.17) is 4.74 Å². The van der Waals surface area contributed by atoms with Crippen molar-refractivity contribution in [1.29, 1.82) is 0 Å². The van der Waals surface area contributed by atoms with Gasteiger partial charge in [-0.15, -0.1) is 0 Å². The van der Waals surface area contributed by atoms with Crippen LogP contribution in [0.5, 0.6) is 5.75 Å². The van der Waals surface area contributed by atoms with Gasteiger partial charge in [0.1, 0.15) is 5.75 Å². The number of benzene rings is 1. The number of hydrogen-bond acceptors (Lipinski definition) is 4. The van der Waals surface area contributed by atoms with Crippen molar-refractivity contribution in [3.05, 3.63) is 35.7 Å². The fraction of sp³-hybridized carbons (Fsp3) is 0.308. The van der Waals surface area contributed by atoms with Gasteiger partial charge < -0.3 is 14.8 Å². The predicted octanol–water partition coefficient (Wildman–Crippen LogP) is 2.16. The summed E-state index contributed by atoms with van der Waals surface area (Å²) in [6.45, 7) is -1.27. The third-order valence-electron chi connectivity index (χ3n) is 2.71. The quantitative estimate of drug-likeness (QED) is 0.910. The summed E-state index contributed by atoms with van der Waals surface area (Å²) in [4.78, 5) is 12.0. The van der Waals surface area contributed by atoms with Gasteiger partial charge in [-0.3, -0.25) is 4.79 Å². The molecule has 0 saturated heterocycles. The van der Waals surface area contributed by atoms with E-state index in [1.54, 1.807) is 26.1 Å². The van der Waals surface area contributed by atoms with Crippen LogP contribution in [0, 0.1) is 0 Å². The Morgan fingerprint density at radius 3 is 2.79 bits per heavy atom. The highest BCUT2D eigenvalue weighted by Gasteiger charge is 2.32. The molecule has 1 aliphatic heterocycles. The summed E-state index contributed by atoms with van der Waals surface area (Å²) in [5, 5.41) is 2.78. The molecule has 0 aliphatic carbocycles. The highest BCUT2D eigenvalue weighted by molar-refractivity contribution is 6.24. The number of Topliss-reactive ketones (excluding diaryl/α,β-unsaturated/α-hetero) is 1. The molecule has 102 valence electrons. The fourth-order valence-electron chi connectivity index (χ4n) is 1.89. The fourth-order valence-corrected chi connectivity index (χ4v) is 1.89. The van der Waals surface area contributed by atoms with Crippen LogP contribution in [0.2, 0.25) is 0 Å². The van der Waals surface area contributed by atoms with Gasteiger partial charge >= 0.3 is 6.61 Å². The lowest BCUT2D eigenvalue weighted by atomic mass is 10.0. The van der Waals surface area contributed by atoms with Crippen LogP contribution < -0.4 is 10.1 Å². The second-order valence-corrected chi connectivity index (χ2v) is 3.98. The van der Waals surface area contributed by atoms with Gasteiger partial charge in [-0.25, -0.2) is 0 Å². The number of nitrogens with one attached hydrogen (secondary N) is 1. The molecule has 0 saturated carbocycles. The Bertz CT molecular complexity index is 528. The van der Waals surface area contributed by atoms with Crippen molar-refractivity contribution >= 4 is 11.4 Å². The second kappa shape index (κ2) is 5.26. The molecule has 0 radical (unpaired) electrons. The topological polar surface area (TPSA) is 47.6 Å². The van der Waals surface area contributed by atoms with Crippen molar-refractivity contribution in [1.82, 2.24) is 5.32 Å². The zero-order valence-electron chi connectivity index (χ0n) is 10.4. The summed E-state index contributed by atoms with van der Waals surface area (Å²) >= 11 is 0. The van der Waals surface area contributed by atoms with E-state index in [2.05, 4.69) is 10.1 Å². The zero-order valence-corrected chi connectivity index (χ0v) is 10.4. The average molecular weight is 269 g/mol. The Morgan fingerprint density at radius 2 is 2.16 bits per heavy atom. The largest absolute Gasteiger partial charge is 0.467 e. The van der Waals surface area contributed by atoms with Crippen molar-refractivity contribution < 1.29 is 23.0 Å². The van der Waals surface area contributed by atoms with Crippen LogP contribution in [0.1, 0.15) is 12.5 Å². The highest BCUT2D eigenvalue weighted by Crippen LogP contribution is 2.30. The first kappa shape index (κ1) is 13.3. The highest BCUT2D eigenvalue weighted by atomic mass is 19.3. The van der Waals surface area contributed by atoms with Crippen LogP contribution >= 0.6 is 0 Å². The summed E-state index contributed by atoms with van der Waals surface area (Å²) in [6.07, 6.45) is -0.586. The molecule has 1 N–H and O–H groups in total. The number of rotatable bonds is 4. The van der Waals surface area contributed by atoms with Crippen LogP contribution in [0.4, 0.5) is 8.78 Å². The maximum absolute atomic E-state index is 12.2. The van der Waals surface area contributed by atoms with Crippen molar-refractivity contribution in [2.75, 3.05) is 7.05 Å². The van der Waals surface area contributed by atoms with Crippen LogP contribution in [-0.4, -0.2) is 25.5 Å². The summed E-state index contributed by atoms with van der Waals surface area (Å²) < 4.78 is 34.0. The normalized spacial score (nSPS) is 18.8. The first-order valence-electron chi connectivity index (χ1n) is 5.71. The van der Waals surface area contributed by atoms with E-state index in [1.807, 2.05) is 0 Å². The van der Waals surface area contributed by atoms with Gasteiger partial charge in [0.25, 0.3) is 0 Å². The van der Waals surface area contributed by atoms with E-state index in [1.165, 1.54) is 12.1 Å². The first-order chi connectivity index (χ1) is 9.02. The van der Waals surface area contributed by atoms with Gasteiger partial charge in [0.05, 0.1) is 5.57 Å². The lowest BCUT2D eigenvalue weighted by molar-refractivity contribution is -0.119. The number of hydrogen-bond donors (Lipinski definition) is 1. The van der Waals surface area contributed by atoms with Gasteiger partial charge in [0.15, 0.2) is 12.0 Å². The second-order valence-electron chi connectivity index (χ2n) is 3.98. The molecule has 0 aromatic heterocycles. The molecule has 1 aromatic rings. The predicted molar refractivity (Wildman–Crippen MR) is 64.6 cm³/mol. The van der Waals surface area contributed by atoms with E-state index in [0.29, 0.717) is 17.0 Å². The minimum atomic E-state index is -2.90. The van der Waals surface area contributed by atoms with Crippen LogP contribution in [-0.2, 0) is 9.53 Å². The Labute approximate surface area is 109 Å². The minimum Gasteiger partial charge on any atom is -0.467 e. The average Bonchev–Trinajstić information content (AvgIpc) is 2.65. The molecule has 6 heteroatoms. The molecule has 0 spiro atoms. The molecule has 1 atom stereocenters. The number of alkyl halides is 2. The third-order valence-corrected chi connectivity index (χ3v) is 2.71. The summed E-state index contributed by atoms with van der Waals surface area (Å²) in [6, 6.07) is 5.98. The molecule has 1 aliphatic rings. The summed E-state index contributed by atoms with van der Waals surface area (Å²) in [5.41, 5.74) is 0.826. The lowest BCUT2D eigenvalue weighted by Crippen LogP contribution is -2.13. The van der Waals surface area contributed by atoms with Crippen molar-refractivity contribution in [3.8, 4) is 5.75 Å². The lowest BCUT2D eigenvalue weighted by Gasteiger charge is -2.07. The number of ketones is 1. The van der Waals surface area contributed by atoms with Crippen LogP contribution in [0.3, 0.4) is 0 Å². The maximum Gasteiger partial charge on any atom is 0.387 e. The molecule has 0 fully saturated rings. The first-order valence-corrected chi connectivity index (χ1v) is 5.71. The Hall–Kier alpha value is -2.11. The van der Waals surface area contributed by atoms with E-state index < -0.39 is 12.7 Å². The Kier molecular flexibility index (Phi) is 3.69. The molecule has 0 bridgehead atoms. The molecule has 0 amide bonds. The van der Waals surface area contributed by atoms with E-state index >= 15 is 0 Å². The smallest absolute Gasteiger partial charge is 0.387 e.